The molecule has 0 aliphatic heterocycles. The van der Waals surface area contributed by atoms with Crippen molar-refractivity contribution in [2.45, 2.75) is 13.8 Å². The third-order valence-corrected chi connectivity index (χ3v) is 1.85. The normalized spacial score (nSPS) is 9.23. The van der Waals surface area contributed by atoms with Crippen molar-refractivity contribution in [3.8, 4) is 11.8 Å². The molecule has 13 heavy (non-hydrogen) atoms. The van der Waals surface area contributed by atoms with Crippen molar-refractivity contribution < 1.29 is 4.39 Å². The summed E-state index contributed by atoms with van der Waals surface area (Å²) in [6.07, 6.45) is 0. The molecule has 0 amide bonds. The summed E-state index contributed by atoms with van der Waals surface area (Å²) in [5, 5.41) is 0. The average Bonchev–Trinajstić information content (AvgIpc) is 2.02. The summed E-state index contributed by atoms with van der Waals surface area (Å²) in [5.41, 5.74) is 2.22. The SMILES string of the molecule is Cc1cc(C)c(C#CCCl)c(F)c1. The van der Waals surface area contributed by atoms with E-state index in [1.807, 2.05) is 19.9 Å². The average molecular weight is 197 g/mol. The lowest BCUT2D eigenvalue weighted by atomic mass is 10.1. The fraction of sp³-hybridized carbons (Fsp3) is 0.273. The molecule has 68 valence electrons. The van der Waals surface area contributed by atoms with Gasteiger partial charge in [-0.05, 0) is 31.0 Å². The van der Waals surface area contributed by atoms with Gasteiger partial charge in [0.1, 0.15) is 5.82 Å². The van der Waals surface area contributed by atoms with Gasteiger partial charge in [0.25, 0.3) is 0 Å². The molecule has 0 heterocycles. The van der Waals surface area contributed by atoms with Gasteiger partial charge in [0.15, 0.2) is 0 Å². The van der Waals surface area contributed by atoms with E-state index in [1.165, 1.54) is 6.07 Å². The number of hydrogen-bond acceptors (Lipinski definition) is 0. The molecule has 0 aliphatic rings. The molecular formula is C11H10ClF. The van der Waals surface area contributed by atoms with E-state index in [-0.39, 0.29) is 11.7 Å². The molecular weight excluding hydrogens is 187 g/mol. The molecule has 1 rings (SSSR count). The zero-order chi connectivity index (χ0) is 9.84. The van der Waals surface area contributed by atoms with Gasteiger partial charge in [0.2, 0.25) is 0 Å². The Balaban J connectivity index is 3.21. The molecule has 0 bridgehead atoms. The van der Waals surface area contributed by atoms with Gasteiger partial charge < -0.3 is 0 Å². The van der Waals surface area contributed by atoms with Crippen LogP contribution in [-0.2, 0) is 0 Å². The Morgan fingerprint density at radius 1 is 1.38 bits per heavy atom. The van der Waals surface area contributed by atoms with Crippen LogP contribution in [0.1, 0.15) is 16.7 Å². The Morgan fingerprint density at radius 2 is 2.08 bits per heavy atom. The van der Waals surface area contributed by atoms with E-state index in [4.69, 9.17) is 11.6 Å². The van der Waals surface area contributed by atoms with Gasteiger partial charge in [-0.25, -0.2) is 4.39 Å². The maximum Gasteiger partial charge on any atom is 0.139 e. The Hall–Kier alpha value is -1.000. The lowest BCUT2D eigenvalue weighted by Crippen LogP contribution is -1.90. The van der Waals surface area contributed by atoms with Crippen LogP contribution in [0, 0.1) is 31.5 Å². The Morgan fingerprint density at radius 3 is 2.62 bits per heavy atom. The van der Waals surface area contributed by atoms with Crippen molar-refractivity contribution in [3.63, 3.8) is 0 Å². The van der Waals surface area contributed by atoms with Crippen molar-refractivity contribution in [2.75, 3.05) is 5.88 Å². The predicted molar refractivity (Wildman–Crippen MR) is 53.5 cm³/mol. The minimum Gasteiger partial charge on any atom is -0.206 e. The van der Waals surface area contributed by atoms with E-state index in [1.54, 1.807) is 0 Å². The fourth-order valence-electron chi connectivity index (χ4n) is 1.20. The Bertz CT molecular complexity index is 348. The highest BCUT2D eigenvalue weighted by Crippen LogP contribution is 2.14. The fourth-order valence-corrected chi connectivity index (χ4v) is 1.26. The lowest BCUT2D eigenvalue weighted by molar-refractivity contribution is 0.622. The van der Waals surface area contributed by atoms with Gasteiger partial charge in [-0.1, -0.05) is 17.9 Å². The van der Waals surface area contributed by atoms with E-state index in [2.05, 4.69) is 11.8 Å². The van der Waals surface area contributed by atoms with Crippen LogP contribution in [0.5, 0.6) is 0 Å². The smallest absolute Gasteiger partial charge is 0.139 e. The third kappa shape index (κ3) is 2.47. The molecule has 0 N–H and O–H groups in total. The number of aryl methyl sites for hydroxylation is 2. The highest BCUT2D eigenvalue weighted by atomic mass is 35.5. The summed E-state index contributed by atoms with van der Waals surface area (Å²) in [5.74, 6) is 5.30. The van der Waals surface area contributed by atoms with Crippen LogP contribution in [0.4, 0.5) is 4.39 Å². The minimum absolute atomic E-state index is 0.229. The minimum atomic E-state index is -0.268. The Labute approximate surface area is 82.7 Å². The topological polar surface area (TPSA) is 0 Å². The first kappa shape index (κ1) is 10.1. The molecule has 0 spiro atoms. The largest absolute Gasteiger partial charge is 0.206 e. The maximum atomic E-state index is 13.3. The molecule has 0 atom stereocenters. The van der Waals surface area contributed by atoms with Crippen LogP contribution >= 0.6 is 11.6 Å². The molecule has 0 radical (unpaired) electrons. The number of halogens is 2. The summed E-state index contributed by atoms with van der Waals surface area (Å²) in [4.78, 5) is 0. The quantitative estimate of drug-likeness (QED) is 0.442. The first-order valence-electron chi connectivity index (χ1n) is 3.96. The second-order valence-electron chi connectivity index (χ2n) is 2.87. The molecule has 0 saturated carbocycles. The second-order valence-corrected chi connectivity index (χ2v) is 3.14. The summed E-state index contributed by atoms with van der Waals surface area (Å²) < 4.78 is 13.3. The van der Waals surface area contributed by atoms with E-state index in [9.17, 15) is 4.39 Å². The Kier molecular flexibility index (Phi) is 3.33. The zero-order valence-corrected chi connectivity index (χ0v) is 8.37. The summed E-state index contributed by atoms with van der Waals surface area (Å²) in [6.45, 7) is 3.70. The second kappa shape index (κ2) is 4.30. The first-order chi connectivity index (χ1) is 6.15. The van der Waals surface area contributed by atoms with Crippen molar-refractivity contribution >= 4 is 11.6 Å². The maximum absolute atomic E-state index is 13.3. The zero-order valence-electron chi connectivity index (χ0n) is 7.62. The highest BCUT2D eigenvalue weighted by molar-refractivity contribution is 6.19. The van der Waals surface area contributed by atoms with Crippen molar-refractivity contribution in [3.05, 3.63) is 34.6 Å². The van der Waals surface area contributed by atoms with E-state index >= 15 is 0 Å². The van der Waals surface area contributed by atoms with Crippen LogP contribution < -0.4 is 0 Å². The summed E-state index contributed by atoms with van der Waals surface area (Å²) >= 11 is 5.39. The number of benzene rings is 1. The van der Waals surface area contributed by atoms with Crippen LogP contribution in [0.3, 0.4) is 0 Å². The van der Waals surface area contributed by atoms with Gasteiger partial charge >= 0.3 is 0 Å². The first-order valence-corrected chi connectivity index (χ1v) is 4.50. The van der Waals surface area contributed by atoms with Crippen LogP contribution in [-0.4, -0.2) is 5.88 Å². The molecule has 0 nitrogen and oxygen atoms in total. The van der Waals surface area contributed by atoms with Crippen molar-refractivity contribution in [1.82, 2.24) is 0 Å². The lowest BCUT2D eigenvalue weighted by Gasteiger charge is -2.01. The molecule has 0 fully saturated rings. The van der Waals surface area contributed by atoms with Crippen molar-refractivity contribution in [2.24, 2.45) is 0 Å². The number of alkyl halides is 1. The van der Waals surface area contributed by atoms with Gasteiger partial charge in [-0.15, -0.1) is 11.6 Å². The highest BCUT2D eigenvalue weighted by Gasteiger charge is 2.03. The van der Waals surface area contributed by atoms with Crippen LogP contribution in [0.25, 0.3) is 0 Å². The number of rotatable bonds is 0. The van der Waals surface area contributed by atoms with Gasteiger partial charge in [0.05, 0.1) is 11.4 Å². The molecule has 0 aromatic heterocycles. The monoisotopic (exact) mass is 196 g/mol. The molecule has 0 saturated heterocycles. The molecule has 0 unspecified atom stereocenters. The van der Waals surface area contributed by atoms with E-state index < -0.39 is 0 Å². The standard InChI is InChI=1S/C11H10ClF/c1-8-6-9(2)10(4-3-5-12)11(13)7-8/h6-7H,5H2,1-2H3. The molecule has 1 aromatic rings. The predicted octanol–water partition coefficient (Wildman–Crippen LogP) is 3.03. The van der Waals surface area contributed by atoms with Crippen molar-refractivity contribution in [1.29, 1.82) is 0 Å². The third-order valence-electron chi connectivity index (χ3n) is 1.71. The van der Waals surface area contributed by atoms with Crippen LogP contribution in [0.2, 0.25) is 0 Å². The van der Waals surface area contributed by atoms with Gasteiger partial charge in [-0.2, -0.15) is 0 Å². The number of hydrogen-bond donors (Lipinski definition) is 0. The van der Waals surface area contributed by atoms with E-state index in [0.717, 1.165) is 11.1 Å². The molecule has 1 aromatic carbocycles. The summed E-state index contributed by atoms with van der Waals surface area (Å²) in [6, 6.07) is 3.38. The molecule has 2 heteroatoms. The summed E-state index contributed by atoms with van der Waals surface area (Å²) in [7, 11) is 0. The van der Waals surface area contributed by atoms with Crippen LogP contribution in [0.15, 0.2) is 12.1 Å². The van der Waals surface area contributed by atoms with E-state index in [0.29, 0.717) is 5.56 Å². The van der Waals surface area contributed by atoms with Gasteiger partial charge in [-0.3, -0.25) is 0 Å². The molecule has 0 aliphatic carbocycles. The van der Waals surface area contributed by atoms with Gasteiger partial charge in [0, 0.05) is 0 Å².